The van der Waals surface area contributed by atoms with Crippen LogP contribution in [0.25, 0.3) is 22.3 Å². The second-order valence-corrected chi connectivity index (χ2v) is 6.43. The minimum absolute atomic E-state index is 0.190. The molecule has 0 aliphatic carbocycles. The second-order valence-electron chi connectivity index (χ2n) is 6.43. The summed E-state index contributed by atoms with van der Waals surface area (Å²) in [5, 5.41) is 18.0. The lowest BCUT2D eigenvalue weighted by atomic mass is 10.2. The molecule has 7 nitrogen and oxygen atoms in total. The van der Waals surface area contributed by atoms with Crippen molar-refractivity contribution in [3.05, 3.63) is 66.5 Å². The van der Waals surface area contributed by atoms with E-state index < -0.39 is 0 Å². The molecule has 1 N–H and O–H groups in total. The molecule has 0 aliphatic heterocycles. The maximum Gasteiger partial charge on any atom is 0.225 e. The van der Waals surface area contributed by atoms with Gasteiger partial charge in [0.15, 0.2) is 5.82 Å². The number of aliphatic hydroxyl groups excluding tert-OH is 1. The topological polar surface area (TPSA) is 86.0 Å². The van der Waals surface area contributed by atoms with Crippen LogP contribution in [0.3, 0.4) is 0 Å². The Morgan fingerprint density at radius 2 is 1.75 bits per heavy atom. The molecule has 0 saturated carbocycles. The number of aromatic nitrogens is 5. The molecule has 0 aliphatic rings. The fourth-order valence-electron chi connectivity index (χ4n) is 2.92. The first kappa shape index (κ1) is 18.1. The maximum atomic E-state index is 8.87. The highest BCUT2D eigenvalue weighted by atomic mass is 16.5. The van der Waals surface area contributed by atoms with Crippen LogP contribution >= 0.6 is 0 Å². The van der Waals surface area contributed by atoms with Gasteiger partial charge in [-0.05, 0) is 25.0 Å². The summed E-state index contributed by atoms with van der Waals surface area (Å²) in [6.45, 7) is 1.19. The van der Waals surface area contributed by atoms with Crippen molar-refractivity contribution in [2.24, 2.45) is 0 Å². The summed E-state index contributed by atoms with van der Waals surface area (Å²) in [6.07, 6.45) is 3.47. The zero-order chi connectivity index (χ0) is 19.2. The number of unbranched alkanes of at least 4 members (excludes halogenated alkanes) is 1. The largest absolute Gasteiger partial charge is 0.470 e. The van der Waals surface area contributed by atoms with E-state index in [1.807, 2.05) is 60.8 Å². The van der Waals surface area contributed by atoms with Gasteiger partial charge >= 0.3 is 0 Å². The minimum atomic E-state index is 0.190. The van der Waals surface area contributed by atoms with Gasteiger partial charge in [-0.25, -0.2) is 4.98 Å². The van der Waals surface area contributed by atoms with Crippen molar-refractivity contribution >= 4 is 10.9 Å². The van der Waals surface area contributed by atoms with Crippen LogP contribution in [0.2, 0.25) is 0 Å². The number of aryl methyl sites for hydroxylation is 1. The van der Waals surface area contributed by atoms with Gasteiger partial charge in [0.1, 0.15) is 12.3 Å². The first-order chi connectivity index (χ1) is 13.8. The quantitative estimate of drug-likeness (QED) is 0.476. The summed E-state index contributed by atoms with van der Waals surface area (Å²) in [7, 11) is 0. The Labute approximate surface area is 162 Å². The van der Waals surface area contributed by atoms with E-state index in [1.165, 1.54) is 0 Å². The molecule has 0 amide bonds. The normalized spacial score (nSPS) is 11.0. The average molecular weight is 375 g/mol. The molecule has 0 atom stereocenters. The highest BCUT2D eigenvalue weighted by Crippen LogP contribution is 2.26. The van der Waals surface area contributed by atoms with Crippen molar-refractivity contribution < 1.29 is 9.84 Å². The predicted molar refractivity (Wildman–Crippen MR) is 106 cm³/mol. The molecular formula is C21H21N5O2. The lowest BCUT2D eigenvalue weighted by Gasteiger charge is -2.09. The van der Waals surface area contributed by atoms with Crippen LogP contribution in [-0.4, -0.2) is 36.7 Å². The van der Waals surface area contributed by atoms with E-state index in [-0.39, 0.29) is 13.2 Å². The number of ether oxygens (including phenoxy) is 1. The van der Waals surface area contributed by atoms with Crippen molar-refractivity contribution in [3.8, 4) is 17.3 Å². The smallest absolute Gasteiger partial charge is 0.225 e. The van der Waals surface area contributed by atoms with Crippen molar-refractivity contribution in [1.29, 1.82) is 0 Å². The Hall–Kier alpha value is -3.32. The van der Waals surface area contributed by atoms with Gasteiger partial charge in [-0.15, -0.1) is 5.10 Å². The molecule has 0 fully saturated rings. The van der Waals surface area contributed by atoms with Gasteiger partial charge in [-0.2, -0.15) is 4.98 Å². The number of benzene rings is 2. The molecule has 7 heteroatoms. The van der Waals surface area contributed by atoms with Crippen LogP contribution in [0.5, 0.6) is 5.88 Å². The van der Waals surface area contributed by atoms with E-state index in [0.717, 1.165) is 41.5 Å². The SMILES string of the molecule is OCCCCn1cc(COc2nc(-c3ccccc3)nc3ccccc23)nn1. The first-order valence-electron chi connectivity index (χ1n) is 9.28. The molecular weight excluding hydrogens is 354 g/mol. The van der Waals surface area contributed by atoms with Gasteiger partial charge in [0.2, 0.25) is 5.88 Å². The van der Waals surface area contributed by atoms with Crippen LogP contribution in [0.4, 0.5) is 0 Å². The Kier molecular flexibility index (Phi) is 5.53. The molecule has 0 bridgehead atoms. The van der Waals surface area contributed by atoms with Crippen LogP contribution in [0, 0.1) is 0 Å². The Morgan fingerprint density at radius 3 is 2.61 bits per heavy atom. The number of hydrogen-bond donors (Lipinski definition) is 1. The third-order valence-corrected chi connectivity index (χ3v) is 4.34. The van der Waals surface area contributed by atoms with Crippen molar-refractivity contribution in [2.75, 3.05) is 6.61 Å². The van der Waals surface area contributed by atoms with E-state index in [0.29, 0.717) is 11.7 Å². The van der Waals surface area contributed by atoms with E-state index in [1.54, 1.807) is 4.68 Å². The maximum absolute atomic E-state index is 8.87. The Morgan fingerprint density at radius 1 is 0.929 bits per heavy atom. The molecule has 2 aromatic carbocycles. The van der Waals surface area contributed by atoms with Crippen molar-refractivity contribution in [1.82, 2.24) is 25.0 Å². The molecule has 142 valence electrons. The Bertz CT molecular complexity index is 1050. The summed E-state index contributed by atoms with van der Waals surface area (Å²) < 4.78 is 7.77. The summed E-state index contributed by atoms with van der Waals surface area (Å²) in [5.74, 6) is 1.15. The summed E-state index contributed by atoms with van der Waals surface area (Å²) in [4.78, 5) is 9.30. The summed E-state index contributed by atoms with van der Waals surface area (Å²) >= 11 is 0. The van der Waals surface area contributed by atoms with E-state index >= 15 is 0 Å². The predicted octanol–water partition coefficient (Wildman–Crippen LogP) is 3.24. The minimum Gasteiger partial charge on any atom is -0.470 e. The van der Waals surface area contributed by atoms with Crippen molar-refractivity contribution in [3.63, 3.8) is 0 Å². The highest BCUT2D eigenvalue weighted by Gasteiger charge is 2.11. The van der Waals surface area contributed by atoms with Gasteiger partial charge in [0.05, 0.1) is 17.1 Å². The number of aliphatic hydroxyl groups is 1. The van der Waals surface area contributed by atoms with Crippen LogP contribution < -0.4 is 4.74 Å². The standard InChI is InChI=1S/C21H21N5O2/c27-13-7-6-12-26-14-17(24-25-26)15-28-21-18-10-4-5-11-19(18)22-20(23-21)16-8-2-1-3-9-16/h1-5,8-11,14,27H,6-7,12-13,15H2. The summed E-state index contributed by atoms with van der Waals surface area (Å²) in [5.41, 5.74) is 2.50. The number of hydrogen-bond acceptors (Lipinski definition) is 6. The highest BCUT2D eigenvalue weighted by molar-refractivity contribution is 5.85. The fourth-order valence-corrected chi connectivity index (χ4v) is 2.92. The third kappa shape index (κ3) is 4.15. The van der Waals surface area contributed by atoms with Crippen LogP contribution in [-0.2, 0) is 13.2 Å². The lowest BCUT2D eigenvalue weighted by molar-refractivity contribution is 0.280. The zero-order valence-electron chi connectivity index (χ0n) is 15.4. The number of nitrogens with zero attached hydrogens (tertiary/aromatic N) is 5. The first-order valence-corrected chi connectivity index (χ1v) is 9.28. The molecule has 0 saturated heterocycles. The average Bonchev–Trinajstić information content (AvgIpc) is 3.20. The number of rotatable bonds is 8. The van der Waals surface area contributed by atoms with E-state index in [9.17, 15) is 0 Å². The zero-order valence-corrected chi connectivity index (χ0v) is 15.4. The second kappa shape index (κ2) is 8.58. The molecule has 2 heterocycles. The van der Waals surface area contributed by atoms with Crippen molar-refractivity contribution in [2.45, 2.75) is 26.0 Å². The molecule has 4 rings (SSSR count). The number of para-hydroxylation sites is 1. The van der Waals surface area contributed by atoms with Gasteiger partial charge in [0.25, 0.3) is 0 Å². The van der Waals surface area contributed by atoms with Gasteiger partial charge in [0, 0.05) is 18.7 Å². The van der Waals surface area contributed by atoms with Gasteiger partial charge in [-0.1, -0.05) is 47.7 Å². The molecule has 0 spiro atoms. The molecule has 0 unspecified atom stereocenters. The third-order valence-electron chi connectivity index (χ3n) is 4.34. The van der Waals surface area contributed by atoms with Gasteiger partial charge < -0.3 is 9.84 Å². The Balaban J connectivity index is 1.56. The fraction of sp³-hybridized carbons (Fsp3) is 0.238. The lowest BCUT2D eigenvalue weighted by Crippen LogP contribution is -2.01. The molecule has 28 heavy (non-hydrogen) atoms. The monoisotopic (exact) mass is 375 g/mol. The van der Waals surface area contributed by atoms with Gasteiger partial charge in [-0.3, -0.25) is 4.68 Å². The van der Waals surface area contributed by atoms with Crippen LogP contribution in [0.1, 0.15) is 18.5 Å². The van der Waals surface area contributed by atoms with E-state index in [4.69, 9.17) is 9.84 Å². The number of fused-ring (bicyclic) bond motifs is 1. The molecule has 4 aromatic rings. The summed E-state index contributed by atoms with van der Waals surface area (Å²) in [6, 6.07) is 17.6. The molecule has 0 radical (unpaired) electrons. The van der Waals surface area contributed by atoms with Crippen LogP contribution in [0.15, 0.2) is 60.8 Å². The van der Waals surface area contributed by atoms with E-state index in [2.05, 4.69) is 20.3 Å². The molecule has 2 aromatic heterocycles.